The fourth-order valence-corrected chi connectivity index (χ4v) is 2.09. The number of aromatic hydroxyl groups is 1. The van der Waals surface area contributed by atoms with Crippen molar-refractivity contribution >= 4 is 28.0 Å². The minimum Gasteiger partial charge on any atom is -0.493 e. The number of fused-ring (bicyclic) bond motifs is 1. The molecule has 110 valence electrons. The Bertz CT molecular complexity index is 882. The summed E-state index contributed by atoms with van der Waals surface area (Å²) in [5.74, 6) is -0.175. The minimum absolute atomic E-state index is 0.0710. The van der Waals surface area contributed by atoms with E-state index in [-0.39, 0.29) is 17.3 Å². The standard InChI is InChI=1S/C15H12N4O3/c1-9-2-4-10(5-3-9)17-18-14-12-8-11(19(21)22)6-7-13(12)16-15(14)20/h2-8,16,20H,1H3. The number of hydrogen-bond donors (Lipinski definition) is 2. The molecule has 0 spiro atoms. The van der Waals surface area contributed by atoms with Crippen molar-refractivity contribution in [3.63, 3.8) is 0 Å². The maximum Gasteiger partial charge on any atom is 0.270 e. The Labute approximate surface area is 125 Å². The first-order valence-electron chi connectivity index (χ1n) is 6.52. The molecule has 2 aromatic carbocycles. The molecule has 1 aromatic heterocycles. The molecule has 0 atom stereocenters. The van der Waals surface area contributed by atoms with E-state index < -0.39 is 4.92 Å². The smallest absolute Gasteiger partial charge is 0.270 e. The summed E-state index contributed by atoms with van der Waals surface area (Å²) in [4.78, 5) is 13.1. The number of benzene rings is 2. The molecule has 0 aliphatic heterocycles. The van der Waals surface area contributed by atoms with E-state index in [1.54, 1.807) is 12.1 Å². The highest BCUT2D eigenvalue weighted by Gasteiger charge is 2.14. The van der Waals surface area contributed by atoms with Gasteiger partial charge in [-0.05, 0) is 25.1 Å². The molecule has 3 rings (SSSR count). The number of nitrogens with one attached hydrogen (secondary N) is 1. The number of non-ortho nitro benzene ring substituents is 1. The highest BCUT2D eigenvalue weighted by molar-refractivity contribution is 5.95. The van der Waals surface area contributed by atoms with E-state index in [0.29, 0.717) is 16.6 Å². The number of nitro benzene ring substituents is 1. The normalized spacial score (nSPS) is 11.3. The van der Waals surface area contributed by atoms with Crippen molar-refractivity contribution in [2.45, 2.75) is 6.92 Å². The monoisotopic (exact) mass is 296 g/mol. The van der Waals surface area contributed by atoms with E-state index in [2.05, 4.69) is 15.2 Å². The van der Waals surface area contributed by atoms with Crippen molar-refractivity contribution in [1.29, 1.82) is 0 Å². The van der Waals surface area contributed by atoms with Gasteiger partial charge in [-0.3, -0.25) is 10.1 Å². The predicted octanol–water partition coefficient (Wildman–Crippen LogP) is 4.51. The quantitative estimate of drug-likeness (QED) is 0.422. The fraction of sp³-hybridized carbons (Fsp3) is 0.0667. The van der Waals surface area contributed by atoms with Gasteiger partial charge in [0.1, 0.15) is 0 Å². The van der Waals surface area contributed by atoms with Gasteiger partial charge in [-0.15, -0.1) is 5.11 Å². The van der Waals surface area contributed by atoms with Gasteiger partial charge < -0.3 is 10.1 Å². The SMILES string of the molecule is Cc1ccc(N=Nc2c(O)[nH]c3ccc([N+](=O)[O-])cc23)cc1. The number of H-pyrrole nitrogens is 1. The van der Waals surface area contributed by atoms with Gasteiger partial charge in [-0.25, -0.2) is 0 Å². The average Bonchev–Trinajstić information content (AvgIpc) is 2.81. The fourth-order valence-electron chi connectivity index (χ4n) is 2.09. The zero-order valence-corrected chi connectivity index (χ0v) is 11.6. The summed E-state index contributed by atoms with van der Waals surface area (Å²) in [6.45, 7) is 1.96. The third kappa shape index (κ3) is 2.51. The number of aromatic amines is 1. The summed E-state index contributed by atoms with van der Waals surface area (Å²) in [5, 5.41) is 29.3. The Morgan fingerprint density at radius 2 is 1.86 bits per heavy atom. The number of nitro groups is 1. The van der Waals surface area contributed by atoms with Crippen LogP contribution in [0.2, 0.25) is 0 Å². The van der Waals surface area contributed by atoms with E-state index in [0.717, 1.165) is 5.56 Å². The second-order valence-electron chi connectivity index (χ2n) is 4.84. The maximum atomic E-state index is 10.9. The molecule has 0 aliphatic carbocycles. The zero-order chi connectivity index (χ0) is 15.7. The second-order valence-corrected chi connectivity index (χ2v) is 4.84. The Balaban J connectivity index is 2.05. The average molecular weight is 296 g/mol. The van der Waals surface area contributed by atoms with Gasteiger partial charge in [0, 0.05) is 17.5 Å². The molecule has 0 unspecified atom stereocenters. The number of aryl methyl sites for hydroxylation is 1. The summed E-state index contributed by atoms with van der Waals surface area (Å²) in [7, 11) is 0. The van der Waals surface area contributed by atoms with Crippen LogP contribution in [0.1, 0.15) is 5.56 Å². The summed E-state index contributed by atoms with van der Waals surface area (Å²) in [6.07, 6.45) is 0. The maximum absolute atomic E-state index is 10.9. The van der Waals surface area contributed by atoms with E-state index in [4.69, 9.17) is 0 Å². The number of hydrogen-bond acceptors (Lipinski definition) is 5. The molecule has 7 heteroatoms. The van der Waals surface area contributed by atoms with Crippen LogP contribution in [-0.2, 0) is 0 Å². The van der Waals surface area contributed by atoms with Crippen LogP contribution in [0.25, 0.3) is 10.9 Å². The first-order chi connectivity index (χ1) is 10.5. The highest BCUT2D eigenvalue weighted by atomic mass is 16.6. The van der Waals surface area contributed by atoms with Gasteiger partial charge >= 0.3 is 0 Å². The van der Waals surface area contributed by atoms with Crippen LogP contribution in [0, 0.1) is 17.0 Å². The highest BCUT2D eigenvalue weighted by Crippen LogP contribution is 2.37. The molecule has 1 heterocycles. The third-order valence-corrected chi connectivity index (χ3v) is 3.25. The van der Waals surface area contributed by atoms with Crippen LogP contribution in [0.5, 0.6) is 5.88 Å². The van der Waals surface area contributed by atoms with Crippen molar-refractivity contribution in [1.82, 2.24) is 4.98 Å². The minimum atomic E-state index is -0.496. The lowest BCUT2D eigenvalue weighted by Crippen LogP contribution is -1.86. The molecule has 7 nitrogen and oxygen atoms in total. The Morgan fingerprint density at radius 3 is 2.55 bits per heavy atom. The van der Waals surface area contributed by atoms with E-state index in [9.17, 15) is 15.2 Å². The molecule has 0 bridgehead atoms. The summed E-state index contributed by atoms with van der Waals surface area (Å²) in [6, 6.07) is 11.6. The van der Waals surface area contributed by atoms with Crippen molar-refractivity contribution in [2.75, 3.05) is 0 Å². The van der Waals surface area contributed by atoms with E-state index in [1.807, 2.05) is 19.1 Å². The molecular formula is C15H12N4O3. The first kappa shape index (κ1) is 13.7. The van der Waals surface area contributed by atoms with Crippen LogP contribution in [0.3, 0.4) is 0 Å². The van der Waals surface area contributed by atoms with Gasteiger partial charge in [0.2, 0.25) is 5.88 Å². The van der Waals surface area contributed by atoms with Gasteiger partial charge in [0.15, 0.2) is 5.69 Å². The number of azo groups is 1. The molecule has 0 amide bonds. The van der Waals surface area contributed by atoms with Crippen molar-refractivity contribution < 1.29 is 10.0 Å². The lowest BCUT2D eigenvalue weighted by Gasteiger charge is -1.95. The first-order valence-corrected chi connectivity index (χ1v) is 6.52. The number of aromatic nitrogens is 1. The van der Waals surface area contributed by atoms with Gasteiger partial charge in [-0.1, -0.05) is 17.7 Å². The molecule has 0 fully saturated rings. The summed E-state index contributed by atoms with van der Waals surface area (Å²) >= 11 is 0. The molecule has 0 radical (unpaired) electrons. The lowest BCUT2D eigenvalue weighted by molar-refractivity contribution is -0.384. The Hall–Kier alpha value is -3.22. The second kappa shape index (κ2) is 5.28. The van der Waals surface area contributed by atoms with Crippen molar-refractivity contribution in [2.24, 2.45) is 10.2 Å². The molecule has 2 N–H and O–H groups in total. The van der Waals surface area contributed by atoms with Crippen LogP contribution in [-0.4, -0.2) is 15.0 Å². The largest absolute Gasteiger partial charge is 0.493 e. The number of rotatable bonds is 3. The topological polar surface area (TPSA) is 104 Å². The Morgan fingerprint density at radius 1 is 1.14 bits per heavy atom. The summed E-state index contributed by atoms with van der Waals surface area (Å²) in [5.41, 5.74) is 2.40. The third-order valence-electron chi connectivity index (χ3n) is 3.25. The molecule has 0 saturated heterocycles. The van der Waals surface area contributed by atoms with Gasteiger partial charge in [0.05, 0.1) is 16.1 Å². The summed E-state index contributed by atoms with van der Waals surface area (Å²) < 4.78 is 0. The molecular weight excluding hydrogens is 284 g/mol. The predicted molar refractivity (Wildman–Crippen MR) is 82.0 cm³/mol. The van der Waals surface area contributed by atoms with Crippen LogP contribution in [0.15, 0.2) is 52.7 Å². The van der Waals surface area contributed by atoms with Crippen molar-refractivity contribution in [3.8, 4) is 5.88 Å². The van der Waals surface area contributed by atoms with Crippen LogP contribution < -0.4 is 0 Å². The lowest BCUT2D eigenvalue weighted by atomic mass is 10.2. The van der Waals surface area contributed by atoms with Gasteiger partial charge in [-0.2, -0.15) is 5.11 Å². The molecule has 0 saturated carbocycles. The zero-order valence-electron chi connectivity index (χ0n) is 11.6. The molecule has 0 aliphatic rings. The Kier molecular flexibility index (Phi) is 3.30. The molecule has 22 heavy (non-hydrogen) atoms. The van der Waals surface area contributed by atoms with Gasteiger partial charge in [0.25, 0.3) is 5.69 Å². The molecule has 3 aromatic rings. The van der Waals surface area contributed by atoms with E-state index in [1.165, 1.54) is 18.2 Å². The number of nitrogens with zero attached hydrogens (tertiary/aromatic N) is 3. The van der Waals surface area contributed by atoms with E-state index >= 15 is 0 Å². The van der Waals surface area contributed by atoms with Crippen molar-refractivity contribution in [3.05, 3.63) is 58.1 Å². The van der Waals surface area contributed by atoms with Crippen LogP contribution >= 0.6 is 0 Å². The van der Waals surface area contributed by atoms with Crippen LogP contribution in [0.4, 0.5) is 17.1 Å².